The summed E-state index contributed by atoms with van der Waals surface area (Å²) in [6, 6.07) is 2.94. The maximum Gasteiger partial charge on any atom is 0.342 e. The number of ether oxygens (including phenoxy) is 1. The van der Waals surface area contributed by atoms with Crippen LogP contribution in [0.3, 0.4) is 0 Å². The van der Waals surface area contributed by atoms with Crippen molar-refractivity contribution in [1.29, 1.82) is 0 Å². The fourth-order valence-corrected chi connectivity index (χ4v) is 2.01. The highest BCUT2D eigenvalue weighted by Gasteiger charge is 2.20. The van der Waals surface area contributed by atoms with Crippen LogP contribution in [0, 0.1) is 0 Å². The van der Waals surface area contributed by atoms with Crippen molar-refractivity contribution in [2.24, 2.45) is 0 Å². The van der Waals surface area contributed by atoms with E-state index in [9.17, 15) is 14.7 Å². The summed E-state index contributed by atoms with van der Waals surface area (Å²) in [5, 5.41) is 10.0. The van der Waals surface area contributed by atoms with Crippen molar-refractivity contribution in [3.05, 3.63) is 27.7 Å². The predicted octanol–water partition coefficient (Wildman–Crippen LogP) is 2.47. The number of ketones is 1. The number of carbonyl (C=O) groups is 2. The van der Waals surface area contributed by atoms with Gasteiger partial charge in [-0.3, -0.25) is 4.79 Å². The molecule has 0 fully saturated rings. The number of rotatable bonds is 6. The van der Waals surface area contributed by atoms with Crippen LogP contribution in [0.15, 0.2) is 16.6 Å². The summed E-state index contributed by atoms with van der Waals surface area (Å²) < 4.78 is 5.62. The van der Waals surface area contributed by atoms with Gasteiger partial charge in [0.1, 0.15) is 17.9 Å². The van der Waals surface area contributed by atoms with Gasteiger partial charge in [-0.15, -0.1) is 0 Å². The Balaban J connectivity index is 2.97. The molecule has 0 spiro atoms. The molecule has 0 amide bonds. The van der Waals surface area contributed by atoms with Crippen molar-refractivity contribution in [3.63, 3.8) is 0 Å². The van der Waals surface area contributed by atoms with Crippen molar-refractivity contribution in [2.75, 3.05) is 27.2 Å². The van der Waals surface area contributed by atoms with Crippen LogP contribution in [0.25, 0.3) is 0 Å². The van der Waals surface area contributed by atoms with Crippen molar-refractivity contribution >= 4 is 27.7 Å². The summed E-state index contributed by atoms with van der Waals surface area (Å²) >= 11 is 3.23. The zero-order valence-electron chi connectivity index (χ0n) is 11.8. The standard InChI is InChI=1S/C14H18BrNO4/c1-4-12(17)10-7-9(15)8-11(13(10)18)14(19)20-6-5-16(2)3/h7-8,18H,4-6H2,1-3H3. The molecule has 0 aliphatic carbocycles. The Morgan fingerprint density at radius 2 is 1.90 bits per heavy atom. The van der Waals surface area contributed by atoms with Crippen LogP contribution >= 0.6 is 15.9 Å². The number of Topliss-reactive ketones (excluding diaryl/α,β-unsaturated/α-hetero) is 1. The molecule has 1 aromatic carbocycles. The Bertz CT molecular complexity index is 514. The number of benzene rings is 1. The molecule has 0 aliphatic rings. The summed E-state index contributed by atoms with van der Waals surface area (Å²) in [5.41, 5.74) is 0.122. The van der Waals surface area contributed by atoms with Crippen LogP contribution in [-0.2, 0) is 4.74 Å². The number of phenols is 1. The first-order chi connectivity index (χ1) is 9.36. The minimum atomic E-state index is -0.643. The molecule has 1 N–H and O–H groups in total. The predicted molar refractivity (Wildman–Crippen MR) is 79.3 cm³/mol. The molecule has 6 heteroatoms. The quantitative estimate of drug-likeness (QED) is 0.634. The number of likely N-dealkylation sites (N-methyl/N-ethyl adjacent to an activating group) is 1. The number of nitrogens with zero attached hydrogens (tertiary/aromatic N) is 1. The van der Waals surface area contributed by atoms with Crippen LogP contribution in [0.2, 0.25) is 0 Å². The Morgan fingerprint density at radius 1 is 1.30 bits per heavy atom. The van der Waals surface area contributed by atoms with Crippen molar-refractivity contribution in [2.45, 2.75) is 13.3 Å². The van der Waals surface area contributed by atoms with E-state index in [0.29, 0.717) is 11.0 Å². The molecule has 0 saturated carbocycles. The van der Waals surface area contributed by atoms with Crippen molar-refractivity contribution in [3.8, 4) is 5.75 Å². The van der Waals surface area contributed by atoms with E-state index in [4.69, 9.17) is 4.74 Å². The van der Waals surface area contributed by atoms with Gasteiger partial charge in [-0.1, -0.05) is 22.9 Å². The Kier molecular flexibility index (Phi) is 6.16. The summed E-state index contributed by atoms with van der Waals surface area (Å²) in [6.45, 7) is 2.49. The third kappa shape index (κ3) is 4.31. The highest BCUT2D eigenvalue weighted by atomic mass is 79.9. The van der Waals surface area contributed by atoms with E-state index in [2.05, 4.69) is 15.9 Å². The van der Waals surface area contributed by atoms with Crippen LogP contribution in [-0.4, -0.2) is 49.0 Å². The number of halogens is 1. The number of aromatic hydroxyl groups is 1. The monoisotopic (exact) mass is 343 g/mol. The summed E-state index contributed by atoms with van der Waals surface area (Å²) in [6.07, 6.45) is 0.249. The number of esters is 1. The Hall–Kier alpha value is -1.40. The van der Waals surface area contributed by atoms with Gasteiger partial charge in [0.2, 0.25) is 0 Å². The first-order valence-corrected chi connectivity index (χ1v) is 7.03. The molecule has 20 heavy (non-hydrogen) atoms. The van der Waals surface area contributed by atoms with E-state index < -0.39 is 5.97 Å². The first-order valence-electron chi connectivity index (χ1n) is 6.24. The second-order valence-corrected chi connectivity index (χ2v) is 5.48. The fourth-order valence-electron chi connectivity index (χ4n) is 1.56. The molecule has 0 aromatic heterocycles. The number of phenolic OH excluding ortho intramolecular Hbond substituents is 1. The van der Waals surface area contributed by atoms with Crippen LogP contribution in [0.5, 0.6) is 5.75 Å². The van der Waals surface area contributed by atoms with Gasteiger partial charge < -0.3 is 14.7 Å². The lowest BCUT2D eigenvalue weighted by molar-refractivity contribution is 0.0478. The molecule has 110 valence electrons. The smallest absolute Gasteiger partial charge is 0.342 e. The van der Waals surface area contributed by atoms with Gasteiger partial charge in [0.15, 0.2) is 5.78 Å². The lowest BCUT2D eigenvalue weighted by Gasteiger charge is -2.12. The number of carbonyl (C=O) groups excluding carboxylic acids is 2. The van der Waals surface area contributed by atoms with E-state index in [1.54, 1.807) is 6.92 Å². The topological polar surface area (TPSA) is 66.8 Å². The number of hydrogen-bond donors (Lipinski definition) is 1. The average molecular weight is 344 g/mol. The first kappa shape index (κ1) is 16.7. The molecule has 0 radical (unpaired) electrons. The second-order valence-electron chi connectivity index (χ2n) is 4.57. The van der Waals surface area contributed by atoms with Crippen molar-refractivity contribution < 1.29 is 19.4 Å². The van der Waals surface area contributed by atoms with E-state index in [1.165, 1.54) is 12.1 Å². The molecular formula is C14H18BrNO4. The largest absolute Gasteiger partial charge is 0.506 e. The molecule has 0 bridgehead atoms. The third-order valence-corrected chi connectivity index (χ3v) is 3.15. The second kappa shape index (κ2) is 7.40. The fraction of sp³-hybridized carbons (Fsp3) is 0.429. The van der Waals surface area contributed by atoms with E-state index >= 15 is 0 Å². The molecular weight excluding hydrogens is 326 g/mol. The molecule has 1 rings (SSSR count). The SMILES string of the molecule is CCC(=O)c1cc(Br)cc(C(=O)OCCN(C)C)c1O. The minimum absolute atomic E-state index is 0.00469. The van der Waals surface area contributed by atoms with E-state index in [1.807, 2.05) is 19.0 Å². The Morgan fingerprint density at radius 3 is 2.45 bits per heavy atom. The lowest BCUT2D eigenvalue weighted by atomic mass is 10.0. The normalized spacial score (nSPS) is 10.7. The zero-order chi connectivity index (χ0) is 15.3. The van der Waals surface area contributed by atoms with Gasteiger partial charge in [0, 0.05) is 17.4 Å². The van der Waals surface area contributed by atoms with Gasteiger partial charge in [-0.2, -0.15) is 0 Å². The molecule has 0 atom stereocenters. The molecule has 0 aliphatic heterocycles. The van der Waals surface area contributed by atoms with Gasteiger partial charge in [-0.25, -0.2) is 4.79 Å². The zero-order valence-corrected chi connectivity index (χ0v) is 13.4. The maximum atomic E-state index is 11.9. The summed E-state index contributed by atoms with van der Waals surface area (Å²) in [5.74, 6) is -1.20. The number of hydrogen-bond acceptors (Lipinski definition) is 5. The van der Waals surface area contributed by atoms with E-state index in [-0.39, 0.29) is 35.7 Å². The molecule has 0 unspecified atom stereocenters. The van der Waals surface area contributed by atoms with Crippen LogP contribution in [0.4, 0.5) is 0 Å². The van der Waals surface area contributed by atoms with Crippen LogP contribution in [0.1, 0.15) is 34.1 Å². The van der Waals surface area contributed by atoms with Gasteiger partial charge in [0.25, 0.3) is 0 Å². The molecule has 0 heterocycles. The molecule has 0 saturated heterocycles. The van der Waals surface area contributed by atoms with Crippen LogP contribution < -0.4 is 0 Å². The third-order valence-electron chi connectivity index (χ3n) is 2.69. The maximum absolute atomic E-state index is 11.9. The Labute approximate surface area is 126 Å². The van der Waals surface area contributed by atoms with Gasteiger partial charge >= 0.3 is 5.97 Å². The average Bonchev–Trinajstić information content (AvgIpc) is 2.39. The minimum Gasteiger partial charge on any atom is -0.506 e. The lowest BCUT2D eigenvalue weighted by Crippen LogP contribution is -2.20. The highest BCUT2D eigenvalue weighted by Crippen LogP contribution is 2.29. The van der Waals surface area contributed by atoms with Crippen molar-refractivity contribution in [1.82, 2.24) is 4.90 Å². The van der Waals surface area contributed by atoms with E-state index in [0.717, 1.165) is 0 Å². The molecule has 5 nitrogen and oxygen atoms in total. The van der Waals surface area contributed by atoms with Gasteiger partial charge in [0.05, 0.1) is 5.56 Å². The highest BCUT2D eigenvalue weighted by molar-refractivity contribution is 9.10. The summed E-state index contributed by atoms with van der Waals surface area (Å²) in [7, 11) is 3.73. The molecule has 1 aromatic rings. The van der Waals surface area contributed by atoms with Gasteiger partial charge in [-0.05, 0) is 26.2 Å². The summed E-state index contributed by atoms with van der Waals surface area (Å²) in [4.78, 5) is 25.5.